The van der Waals surface area contributed by atoms with Crippen LogP contribution in [0.15, 0.2) is 61.9 Å². The van der Waals surface area contributed by atoms with Gasteiger partial charge in [-0.1, -0.05) is 32.9 Å². The molecule has 10 heteroatoms. The average molecular weight is 494 g/mol. The van der Waals surface area contributed by atoms with Crippen LogP contribution in [0.4, 0.5) is 13.2 Å². The molecule has 0 bridgehead atoms. The van der Waals surface area contributed by atoms with Crippen LogP contribution in [0.3, 0.4) is 0 Å². The predicted molar refractivity (Wildman–Crippen MR) is 119 cm³/mol. The lowest BCUT2D eigenvalue weighted by Crippen LogP contribution is -2.52. The van der Waals surface area contributed by atoms with Crippen molar-refractivity contribution in [1.82, 2.24) is 5.32 Å². The van der Waals surface area contributed by atoms with Crippen LogP contribution < -0.4 is 5.32 Å². The zero-order chi connectivity index (χ0) is 24.7. The van der Waals surface area contributed by atoms with Crippen molar-refractivity contribution < 1.29 is 26.4 Å². The van der Waals surface area contributed by atoms with E-state index in [1.165, 1.54) is 12.1 Å². The normalized spacial score (nSPS) is 28.6. The minimum Gasteiger partial charge on any atom is -0.362 e. The number of nitrogens with zero attached hydrogens (tertiary/aromatic N) is 2. The smallest absolute Gasteiger partial charge is 0.362 e. The minimum absolute atomic E-state index is 0.0715. The number of carbonyl (C=O) groups excluding carboxylic acids is 1. The number of fused-ring (bicyclic) bond motifs is 1. The Bertz CT molecular complexity index is 1290. The summed E-state index contributed by atoms with van der Waals surface area (Å²) in [5.74, 6) is -0.240. The van der Waals surface area contributed by atoms with Crippen LogP contribution in [0.5, 0.6) is 0 Å². The molecule has 2 aliphatic heterocycles. The molecule has 1 aromatic carbocycles. The van der Waals surface area contributed by atoms with E-state index in [1.807, 2.05) is 13.8 Å². The molecule has 6 nitrogen and oxygen atoms in total. The Kier molecular flexibility index (Phi) is 4.96. The maximum Gasteiger partial charge on any atom is 0.435 e. The Morgan fingerprint density at radius 2 is 1.88 bits per heavy atom. The van der Waals surface area contributed by atoms with Gasteiger partial charge in [0.25, 0.3) is 0 Å². The summed E-state index contributed by atoms with van der Waals surface area (Å²) < 4.78 is 68.3. The van der Waals surface area contributed by atoms with E-state index < -0.39 is 38.5 Å². The third-order valence-electron chi connectivity index (χ3n) is 7.29. The quantitative estimate of drug-likeness (QED) is 0.630. The molecule has 2 aliphatic carbocycles. The van der Waals surface area contributed by atoms with E-state index in [2.05, 4.69) is 15.5 Å². The van der Waals surface area contributed by atoms with Crippen LogP contribution in [0.25, 0.3) is 0 Å². The second-order valence-electron chi connectivity index (χ2n) is 10.3. The first kappa shape index (κ1) is 23.3. The van der Waals surface area contributed by atoms with Gasteiger partial charge in [0, 0.05) is 23.3 Å². The molecule has 0 radical (unpaired) electrons. The van der Waals surface area contributed by atoms with Gasteiger partial charge in [-0.15, -0.1) is 5.11 Å². The third kappa shape index (κ3) is 3.36. The van der Waals surface area contributed by atoms with Crippen LogP contribution >= 0.6 is 0 Å². The van der Waals surface area contributed by atoms with E-state index in [0.29, 0.717) is 30.5 Å². The third-order valence-corrected chi connectivity index (χ3v) is 9.55. The van der Waals surface area contributed by atoms with E-state index in [-0.39, 0.29) is 40.1 Å². The number of azo groups is 1. The molecule has 4 aliphatic rings. The Hall–Kier alpha value is -2.49. The van der Waals surface area contributed by atoms with Crippen molar-refractivity contribution in [3.8, 4) is 0 Å². The number of rotatable bonds is 4. The molecule has 0 amide bonds. The number of ketones is 1. The average Bonchev–Trinajstić information content (AvgIpc) is 3.51. The van der Waals surface area contributed by atoms with Gasteiger partial charge in [-0.3, -0.25) is 4.79 Å². The van der Waals surface area contributed by atoms with Gasteiger partial charge >= 0.3 is 6.18 Å². The molecule has 182 valence electrons. The number of hydrogen-bond donors (Lipinski definition) is 1. The molecule has 34 heavy (non-hydrogen) atoms. The van der Waals surface area contributed by atoms with Gasteiger partial charge in [0.1, 0.15) is 0 Å². The number of halogens is 3. The number of benzene rings is 1. The van der Waals surface area contributed by atoms with Gasteiger partial charge in [-0.05, 0) is 48.8 Å². The summed E-state index contributed by atoms with van der Waals surface area (Å²) in [5, 5.41) is 10.0. The molecule has 1 unspecified atom stereocenters. The van der Waals surface area contributed by atoms with Gasteiger partial charge in [0.15, 0.2) is 27.5 Å². The van der Waals surface area contributed by atoms with Crippen molar-refractivity contribution in [1.29, 1.82) is 0 Å². The molecular formula is C24H26F3N3O3S. The zero-order valence-electron chi connectivity index (χ0n) is 19.2. The summed E-state index contributed by atoms with van der Waals surface area (Å²) >= 11 is 0. The van der Waals surface area contributed by atoms with E-state index in [0.717, 1.165) is 0 Å². The van der Waals surface area contributed by atoms with Crippen molar-refractivity contribution >= 4 is 15.6 Å². The predicted octanol–water partition coefficient (Wildman–Crippen LogP) is 5.13. The number of Topliss-reactive ketones (excluding diaryl/α,β-unsaturated/α-hetero) is 1. The van der Waals surface area contributed by atoms with Crippen molar-refractivity contribution in [3.63, 3.8) is 0 Å². The lowest BCUT2D eigenvalue weighted by molar-refractivity contribution is -0.119. The number of nitrogens with one attached hydrogen (secondary N) is 1. The molecule has 0 spiro atoms. The summed E-state index contributed by atoms with van der Waals surface area (Å²) in [4.78, 5) is 13.6. The second kappa shape index (κ2) is 7.26. The molecule has 0 saturated heterocycles. The van der Waals surface area contributed by atoms with Crippen molar-refractivity contribution in [3.05, 3.63) is 52.4 Å². The molecule has 0 aromatic heterocycles. The highest BCUT2D eigenvalue weighted by Crippen LogP contribution is 2.56. The fourth-order valence-electron chi connectivity index (χ4n) is 5.72. The summed E-state index contributed by atoms with van der Waals surface area (Å²) in [5.41, 5.74) is -1.91. The van der Waals surface area contributed by atoms with Crippen molar-refractivity contribution in [2.75, 3.05) is 0 Å². The largest absolute Gasteiger partial charge is 0.435 e. The van der Waals surface area contributed by atoms with Gasteiger partial charge in [0.2, 0.25) is 0 Å². The topological polar surface area (TPSA) is 88.0 Å². The fourth-order valence-corrected chi connectivity index (χ4v) is 7.42. The SMILES string of the molecule is CC[C@@]1(c2cccc(S(=O)(=O)C3CC3)c2)C2=C(CC(C)(C)CC2=O)NC2N=NC(C(F)(F)F)=C21. The van der Waals surface area contributed by atoms with Gasteiger partial charge < -0.3 is 5.32 Å². The Morgan fingerprint density at radius 3 is 2.50 bits per heavy atom. The standard InChI is InChI=1S/C24H26F3N3O3S/c1-4-23(13-6-5-7-15(10-13)34(32,33)14-8-9-14)18-16(11-22(2,3)12-17(18)31)28-21-19(23)20(29-30-21)24(25,26)27/h5-7,10,14,21,28H,4,8-9,11-12H2,1-3H3/t21?,23-/m1/s1. The molecule has 1 N–H and O–H groups in total. The van der Waals surface area contributed by atoms with E-state index in [4.69, 9.17) is 0 Å². The van der Waals surface area contributed by atoms with Crippen LogP contribution in [0.1, 0.15) is 58.4 Å². The van der Waals surface area contributed by atoms with Gasteiger partial charge in [-0.25, -0.2) is 8.42 Å². The molecule has 2 atom stereocenters. The number of hydrogen-bond acceptors (Lipinski definition) is 6. The first-order valence-corrected chi connectivity index (χ1v) is 13.0. The second-order valence-corrected chi connectivity index (χ2v) is 12.6. The first-order chi connectivity index (χ1) is 15.8. The van der Waals surface area contributed by atoms with Gasteiger partial charge in [0.05, 0.1) is 15.6 Å². The Morgan fingerprint density at radius 1 is 1.18 bits per heavy atom. The first-order valence-electron chi connectivity index (χ1n) is 11.4. The number of carbonyl (C=O) groups is 1. The Balaban J connectivity index is 1.82. The lowest BCUT2D eigenvalue weighted by atomic mass is 9.58. The van der Waals surface area contributed by atoms with Crippen LogP contribution in [0.2, 0.25) is 0 Å². The highest BCUT2D eigenvalue weighted by molar-refractivity contribution is 7.92. The summed E-state index contributed by atoms with van der Waals surface area (Å²) in [7, 11) is -3.59. The number of sulfone groups is 1. The van der Waals surface area contributed by atoms with Crippen LogP contribution in [-0.4, -0.2) is 31.8 Å². The van der Waals surface area contributed by atoms with E-state index in [1.54, 1.807) is 19.1 Å². The maximum atomic E-state index is 14.1. The fraction of sp³-hybridized carbons (Fsp3) is 0.542. The van der Waals surface area contributed by atoms with E-state index in [9.17, 15) is 26.4 Å². The van der Waals surface area contributed by atoms with Crippen molar-refractivity contribution in [2.24, 2.45) is 15.6 Å². The zero-order valence-corrected chi connectivity index (χ0v) is 20.0. The van der Waals surface area contributed by atoms with Crippen LogP contribution in [0, 0.1) is 5.41 Å². The Labute approximate surface area is 196 Å². The summed E-state index contributed by atoms with van der Waals surface area (Å²) in [6, 6.07) is 6.10. The van der Waals surface area contributed by atoms with E-state index >= 15 is 0 Å². The molecule has 5 rings (SSSR count). The molecular weight excluding hydrogens is 467 g/mol. The minimum atomic E-state index is -4.78. The molecule has 2 heterocycles. The molecule has 1 aromatic rings. The summed E-state index contributed by atoms with van der Waals surface area (Å²) in [6.45, 7) is 5.60. The highest BCUT2D eigenvalue weighted by Gasteiger charge is 2.57. The molecule has 1 fully saturated rings. The highest BCUT2D eigenvalue weighted by atomic mass is 32.2. The monoisotopic (exact) mass is 493 g/mol. The van der Waals surface area contributed by atoms with Crippen LogP contribution in [-0.2, 0) is 20.0 Å². The van der Waals surface area contributed by atoms with Crippen molar-refractivity contribution in [2.45, 2.75) is 80.8 Å². The lowest BCUT2D eigenvalue weighted by Gasteiger charge is -2.48. The van der Waals surface area contributed by atoms with Gasteiger partial charge in [-0.2, -0.15) is 18.3 Å². The summed E-state index contributed by atoms with van der Waals surface area (Å²) in [6.07, 6.45) is -3.92. The number of alkyl halides is 3. The molecule has 1 saturated carbocycles. The number of allylic oxidation sites excluding steroid dienone is 3. The maximum absolute atomic E-state index is 14.1.